The van der Waals surface area contributed by atoms with Crippen LogP contribution in [-0.4, -0.2) is 152 Å². The first-order chi connectivity index (χ1) is 30.2. The zero-order chi connectivity index (χ0) is 44.9. The Morgan fingerprint density at radius 1 is 0.921 bits per heavy atom. The van der Waals surface area contributed by atoms with Crippen molar-refractivity contribution in [1.29, 1.82) is 0 Å². The first-order valence-corrected chi connectivity index (χ1v) is 21.2. The minimum atomic E-state index is -1.46. The number of imide groups is 1. The number of carbonyl (C=O) groups is 8. The Labute approximate surface area is 361 Å². The summed E-state index contributed by atoms with van der Waals surface area (Å²) >= 11 is 1.13. The number of carbonyl (C=O) groups excluding carboxylic acids is 6. The van der Waals surface area contributed by atoms with Gasteiger partial charge in [0.1, 0.15) is 41.1 Å². The highest BCUT2D eigenvalue weighted by Crippen LogP contribution is 2.41. The average Bonchev–Trinajstić information content (AvgIpc) is 4.13. The predicted octanol–water partition coefficient (Wildman–Crippen LogP) is 1.31. The van der Waals surface area contributed by atoms with E-state index in [0.717, 1.165) is 35.6 Å². The maximum absolute atomic E-state index is 15.5. The van der Waals surface area contributed by atoms with Gasteiger partial charge in [-0.3, -0.25) is 33.8 Å². The largest absolute Gasteiger partial charge is 0.477 e. The number of pyridine rings is 1. The zero-order valence-electron chi connectivity index (χ0n) is 33.7. The van der Waals surface area contributed by atoms with Crippen LogP contribution in [0.2, 0.25) is 0 Å². The smallest absolute Gasteiger partial charge is 0.410 e. The third-order valence-corrected chi connectivity index (χ3v) is 13.0. The number of halogens is 1. The molecule has 22 heteroatoms. The number of rotatable bonds is 11. The van der Waals surface area contributed by atoms with Crippen LogP contribution in [0.3, 0.4) is 0 Å². The van der Waals surface area contributed by atoms with Gasteiger partial charge in [-0.1, -0.05) is 30.3 Å². The van der Waals surface area contributed by atoms with Gasteiger partial charge in [0.15, 0.2) is 0 Å². The maximum Gasteiger partial charge on any atom is 0.410 e. The van der Waals surface area contributed by atoms with Crippen LogP contribution in [0, 0.1) is 5.82 Å². The highest BCUT2D eigenvalue weighted by atomic mass is 32.2. The summed E-state index contributed by atoms with van der Waals surface area (Å²) in [6.07, 6.45) is 2.10. The number of fused-ring (bicyclic) bond motifs is 2. The molecule has 1 saturated carbocycles. The van der Waals surface area contributed by atoms with Gasteiger partial charge in [0.25, 0.3) is 5.91 Å². The molecule has 4 aliphatic heterocycles. The summed E-state index contributed by atoms with van der Waals surface area (Å²) in [5.41, 5.74) is -0.584. The van der Waals surface area contributed by atoms with Crippen molar-refractivity contribution >= 4 is 76.0 Å². The van der Waals surface area contributed by atoms with Crippen molar-refractivity contribution in [3.63, 3.8) is 0 Å². The third kappa shape index (κ3) is 8.01. The third-order valence-electron chi connectivity index (χ3n) is 11.7. The van der Waals surface area contributed by atoms with Crippen LogP contribution in [-0.2, 0) is 28.7 Å². The molecule has 3 saturated heterocycles. The molecular weight excluding hydrogens is 848 g/mol. The number of nitrogens with zero attached hydrogens (tertiary/aromatic N) is 6. The van der Waals surface area contributed by atoms with E-state index in [2.05, 4.69) is 10.6 Å². The second-order valence-corrected chi connectivity index (χ2v) is 16.6. The molecule has 8 rings (SSSR count). The quantitative estimate of drug-likeness (QED) is 0.157. The molecule has 5 heterocycles. The van der Waals surface area contributed by atoms with E-state index in [4.69, 9.17) is 4.74 Å². The number of aliphatic carboxylic acids is 1. The summed E-state index contributed by atoms with van der Waals surface area (Å²) in [6.45, 7) is 2.08. The minimum absolute atomic E-state index is 0.0104. The molecule has 330 valence electrons. The van der Waals surface area contributed by atoms with Gasteiger partial charge in [0.05, 0.1) is 11.2 Å². The molecule has 63 heavy (non-hydrogen) atoms. The Kier molecular flexibility index (Phi) is 11.6. The van der Waals surface area contributed by atoms with Crippen LogP contribution in [0.25, 0.3) is 10.9 Å². The summed E-state index contributed by atoms with van der Waals surface area (Å²) < 4.78 is 22.7. The van der Waals surface area contributed by atoms with E-state index in [1.807, 2.05) is 0 Å². The standard InChI is InChI=1S/C41H41FN8O12S/c1-2-45-14-15-48(36(55)35(45)54)40(60)44-29(21-6-4-3-5-7-21)33(52)43-30-34(53)50-31(39(58)59)22(20-63-37(30)50)19-62-41(61)47-12-10-46(11-13-47)28-17-27-24(16-26(28)42)32(51)25(38(56)57)18-49(27)23-8-9-23/h3-7,16-18,23,29-30,37H,2,8-15,19-20H2,1H3,(H,43,52)(H,44,60)(H,56,57)(H,58,59)/t29?,30-,37-/m1/s1. The number of benzene rings is 2. The second kappa shape index (κ2) is 17.1. The number of piperazine rings is 2. The molecule has 0 spiro atoms. The Morgan fingerprint density at radius 3 is 2.29 bits per heavy atom. The van der Waals surface area contributed by atoms with Gasteiger partial charge in [0.2, 0.25) is 11.3 Å². The maximum atomic E-state index is 15.5. The number of carboxylic acids is 2. The average molecular weight is 889 g/mol. The molecule has 5 aliphatic rings. The van der Waals surface area contributed by atoms with Crippen molar-refractivity contribution in [1.82, 2.24) is 34.8 Å². The van der Waals surface area contributed by atoms with E-state index in [-0.39, 0.29) is 74.3 Å². The van der Waals surface area contributed by atoms with Crippen LogP contribution in [0.1, 0.15) is 47.8 Å². The lowest BCUT2D eigenvalue weighted by Gasteiger charge is -2.49. The molecule has 3 aromatic rings. The van der Waals surface area contributed by atoms with E-state index in [1.165, 1.54) is 22.1 Å². The molecule has 1 aliphatic carbocycles. The molecule has 3 atom stereocenters. The normalized spacial score (nSPS) is 20.6. The Morgan fingerprint density at radius 2 is 1.63 bits per heavy atom. The first-order valence-electron chi connectivity index (χ1n) is 20.1. The molecule has 1 aromatic heterocycles. The van der Waals surface area contributed by atoms with Gasteiger partial charge >= 0.3 is 35.9 Å². The number of aromatic nitrogens is 1. The monoisotopic (exact) mass is 888 g/mol. The number of hydrogen-bond donors (Lipinski definition) is 4. The zero-order valence-corrected chi connectivity index (χ0v) is 34.5. The van der Waals surface area contributed by atoms with Crippen LogP contribution in [0.15, 0.2) is 64.7 Å². The van der Waals surface area contributed by atoms with E-state index >= 15 is 4.39 Å². The molecule has 0 radical (unpaired) electrons. The molecule has 0 bridgehead atoms. The number of nitrogens with one attached hydrogen (secondary N) is 2. The van der Waals surface area contributed by atoms with E-state index in [0.29, 0.717) is 16.0 Å². The first kappa shape index (κ1) is 42.7. The van der Waals surface area contributed by atoms with Gasteiger partial charge in [0, 0.05) is 74.8 Å². The number of aromatic carboxylic acids is 1. The summed E-state index contributed by atoms with van der Waals surface area (Å²) in [7, 11) is 0. The van der Waals surface area contributed by atoms with Gasteiger partial charge in [-0.2, -0.15) is 0 Å². The summed E-state index contributed by atoms with van der Waals surface area (Å²) in [6, 6.07) is 6.98. The van der Waals surface area contributed by atoms with Gasteiger partial charge in [-0.25, -0.2) is 23.6 Å². The summed E-state index contributed by atoms with van der Waals surface area (Å²) in [5, 5.41) is 24.0. The Hall–Kier alpha value is -6.97. The number of ether oxygens (including phenoxy) is 1. The minimum Gasteiger partial charge on any atom is -0.477 e. The fraction of sp³-hybridized carbons (Fsp3) is 0.390. The predicted molar refractivity (Wildman–Crippen MR) is 220 cm³/mol. The number of hydrogen-bond acceptors (Lipinski definition) is 12. The lowest BCUT2D eigenvalue weighted by Crippen LogP contribution is -2.71. The Balaban J connectivity index is 0.895. The van der Waals surface area contributed by atoms with Crippen molar-refractivity contribution in [2.75, 3.05) is 63.1 Å². The number of carboxylic acid groups (broad SMARTS) is 2. The van der Waals surface area contributed by atoms with Crippen LogP contribution in [0.5, 0.6) is 0 Å². The number of thioether (sulfide) groups is 1. The molecule has 1 unspecified atom stereocenters. The highest BCUT2D eigenvalue weighted by Gasteiger charge is 2.55. The number of β-lactam (4-membered cyclic amide) rings is 1. The summed E-state index contributed by atoms with van der Waals surface area (Å²) in [5.74, 6) is -7.05. The number of likely N-dealkylation sites (N-methyl/N-ethyl adjacent to an activating group) is 1. The number of anilines is 1. The second-order valence-electron chi connectivity index (χ2n) is 15.5. The van der Waals surface area contributed by atoms with Crippen molar-refractivity contribution in [3.05, 3.63) is 87.1 Å². The number of amides is 7. The molecular formula is C41H41FN8O12S. The van der Waals surface area contributed by atoms with Gasteiger partial charge in [-0.05, 0) is 37.5 Å². The fourth-order valence-electron chi connectivity index (χ4n) is 8.13. The SMILES string of the molecule is CCN1CCN(C(=O)NC(C(=O)N[C@@H]2C(=O)N3C(C(=O)O)=C(COC(=O)N4CCN(c5cc6c(cc5F)c(=O)c(C(=O)O)cn6C5CC5)CC4)CS[C@H]23)c2ccccc2)C(=O)C1=O. The van der Waals surface area contributed by atoms with Gasteiger partial charge < -0.3 is 44.9 Å². The van der Waals surface area contributed by atoms with Crippen molar-refractivity contribution < 1.29 is 57.7 Å². The molecule has 7 amide bonds. The molecule has 2 aromatic carbocycles. The highest BCUT2D eigenvalue weighted by molar-refractivity contribution is 8.00. The van der Waals surface area contributed by atoms with Crippen LogP contribution >= 0.6 is 11.8 Å². The molecule has 4 N–H and O–H groups in total. The van der Waals surface area contributed by atoms with E-state index in [9.17, 15) is 53.4 Å². The lowest BCUT2D eigenvalue weighted by molar-refractivity contribution is -0.153. The van der Waals surface area contributed by atoms with Gasteiger partial charge in [-0.15, -0.1) is 11.8 Å². The molecule has 4 fully saturated rings. The summed E-state index contributed by atoms with van der Waals surface area (Å²) in [4.78, 5) is 122. The van der Waals surface area contributed by atoms with Crippen LogP contribution in [0.4, 0.5) is 19.7 Å². The van der Waals surface area contributed by atoms with Crippen molar-refractivity contribution in [3.8, 4) is 0 Å². The fourth-order valence-corrected chi connectivity index (χ4v) is 9.45. The number of urea groups is 1. The lowest BCUT2D eigenvalue weighted by atomic mass is 10.0. The Bertz CT molecular complexity index is 2560. The molecule has 20 nitrogen and oxygen atoms in total. The topological polar surface area (TPSA) is 249 Å². The van der Waals surface area contributed by atoms with Crippen molar-refractivity contribution in [2.45, 2.75) is 43.3 Å². The van der Waals surface area contributed by atoms with E-state index in [1.54, 1.807) is 46.7 Å². The van der Waals surface area contributed by atoms with Crippen LogP contribution < -0.4 is 21.0 Å². The van der Waals surface area contributed by atoms with E-state index < -0.39 is 94.3 Å². The van der Waals surface area contributed by atoms with Crippen molar-refractivity contribution in [2.24, 2.45) is 0 Å².